The van der Waals surface area contributed by atoms with E-state index in [4.69, 9.17) is 4.74 Å². The van der Waals surface area contributed by atoms with E-state index in [-0.39, 0.29) is 35.6 Å². The van der Waals surface area contributed by atoms with Gasteiger partial charge in [0.15, 0.2) is 5.82 Å². The number of fused-ring (bicyclic) bond motifs is 1. The second-order valence-corrected chi connectivity index (χ2v) is 7.21. The number of hydrogen-bond acceptors (Lipinski definition) is 6. The Morgan fingerprint density at radius 1 is 1.30 bits per heavy atom. The van der Waals surface area contributed by atoms with E-state index < -0.39 is 23.8 Å². The molecule has 4 heterocycles. The SMILES string of the molecule is COc1cc(C(=O)N2CCC(C)[C@H](c3cc(C(F)F)nc4ncnn34)C2)c(F)cn1. The molecule has 1 amide bonds. The van der Waals surface area contributed by atoms with Crippen molar-refractivity contribution in [1.29, 1.82) is 0 Å². The molecule has 2 atom stereocenters. The molecule has 8 nitrogen and oxygen atoms in total. The van der Waals surface area contributed by atoms with Gasteiger partial charge in [-0.25, -0.2) is 27.7 Å². The molecule has 11 heteroatoms. The van der Waals surface area contributed by atoms with E-state index in [0.717, 1.165) is 6.20 Å². The zero-order valence-electron chi connectivity index (χ0n) is 16.3. The molecule has 0 radical (unpaired) electrons. The molecule has 1 aliphatic heterocycles. The molecule has 0 saturated carbocycles. The molecule has 1 unspecified atom stereocenters. The van der Waals surface area contributed by atoms with Crippen LogP contribution in [0.15, 0.2) is 24.7 Å². The monoisotopic (exact) mass is 420 g/mol. The minimum atomic E-state index is -2.76. The highest BCUT2D eigenvalue weighted by atomic mass is 19.3. The van der Waals surface area contributed by atoms with Crippen molar-refractivity contribution < 1.29 is 22.7 Å². The zero-order valence-corrected chi connectivity index (χ0v) is 16.3. The third kappa shape index (κ3) is 3.55. The van der Waals surface area contributed by atoms with Crippen molar-refractivity contribution in [2.45, 2.75) is 25.7 Å². The van der Waals surface area contributed by atoms with Gasteiger partial charge >= 0.3 is 0 Å². The van der Waals surface area contributed by atoms with E-state index in [9.17, 15) is 18.0 Å². The van der Waals surface area contributed by atoms with Crippen molar-refractivity contribution in [2.24, 2.45) is 5.92 Å². The highest BCUT2D eigenvalue weighted by Gasteiger charge is 2.34. The van der Waals surface area contributed by atoms with Crippen molar-refractivity contribution in [1.82, 2.24) is 29.5 Å². The molecule has 0 aliphatic carbocycles. The number of aromatic nitrogens is 5. The van der Waals surface area contributed by atoms with Crippen LogP contribution in [0.3, 0.4) is 0 Å². The summed E-state index contributed by atoms with van der Waals surface area (Å²) in [7, 11) is 1.38. The summed E-state index contributed by atoms with van der Waals surface area (Å²) in [6, 6.07) is 2.55. The van der Waals surface area contributed by atoms with Gasteiger partial charge in [0, 0.05) is 25.1 Å². The first-order valence-electron chi connectivity index (χ1n) is 9.36. The lowest BCUT2D eigenvalue weighted by atomic mass is 9.84. The molecular weight excluding hydrogens is 401 g/mol. The number of ether oxygens (including phenoxy) is 1. The molecular formula is C19H19F3N6O2. The van der Waals surface area contributed by atoms with Gasteiger partial charge in [-0.05, 0) is 18.4 Å². The maximum Gasteiger partial charge on any atom is 0.280 e. The maximum absolute atomic E-state index is 14.2. The lowest BCUT2D eigenvalue weighted by molar-refractivity contribution is 0.0660. The number of carbonyl (C=O) groups excluding carboxylic acids is 1. The van der Waals surface area contributed by atoms with E-state index in [1.54, 1.807) is 0 Å². The number of methoxy groups -OCH3 is 1. The van der Waals surface area contributed by atoms with Gasteiger partial charge in [0.1, 0.15) is 12.0 Å². The molecule has 3 aromatic rings. The fourth-order valence-corrected chi connectivity index (χ4v) is 3.73. The van der Waals surface area contributed by atoms with Crippen LogP contribution in [-0.4, -0.2) is 55.6 Å². The normalized spacial score (nSPS) is 19.5. The standard InChI is InChI=1S/C19H19F3N6O2/c1-10-3-4-27(18(29)11-5-16(30-2)23-7-13(11)20)8-12(10)15-6-14(17(21)22)26-19-24-9-25-28(15)19/h5-7,9-10,12,17H,3-4,8H2,1-2H3/t10?,12-/m1/s1. The molecule has 1 fully saturated rings. The quantitative estimate of drug-likeness (QED) is 0.645. The van der Waals surface area contributed by atoms with Gasteiger partial charge in [-0.1, -0.05) is 6.92 Å². The predicted molar refractivity (Wildman–Crippen MR) is 98.9 cm³/mol. The summed E-state index contributed by atoms with van der Waals surface area (Å²) in [4.78, 5) is 26.0. The third-order valence-corrected chi connectivity index (χ3v) is 5.42. The highest BCUT2D eigenvalue weighted by Crippen LogP contribution is 2.34. The van der Waals surface area contributed by atoms with Gasteiger partial charge in [0.05, 0.1) is 24.6 Å². The van der Waals surface area contributed by atoms with Crippen LogP contribution in [0.25, 0.3) is 5.78 Å². The molecule has 3 aromatic heterocycles. The first-order chi connectivity index (χ1) is 14.4. The average molecular weight is 420 g/mol. The molecule has 0 spiro atoms. The first kappa shape index (κ1) is 20.0. The molecule has 1 aliphatic rings. The number of piperidine rings is 1. The number of pyridine rings is 1. The Morgan fingerprint density at radius 3 is 2.83 bits per heavy atom. The number of carbonyl (C=O) groups is 1. The average Bonchev–Trinajstić information content (AvgIpc) is 3.22. The minimum Gasteiger partial charge on any atom is -0.481 e. The lowest BCUT2D eigenvalue weighted by Crippen LogP contribution is -2.43. The summed E-state index contributed by atoms with van der Waals surface area (Å²) in [6.45, 7) is 2.60. The van der Waals surface area contributed by atoms with Crippen LogP contribution in [0, 0.1) is 11.7 Å². The molecule has 4 rings (SSSR count). The van der Waals surface area contributed by atoms with Crippen molar-refractivity contribution in [3.8, 4) is 5.88 Å². The summed E-state index contributed by atoms with van der Waals surface area (Å²) in [5, 5.41) is 4.10. The third-order valence-electron chi connectivity index (χ3n) is 5.42. The van der Waals surface area contributed by atoms with Gasteiger partial charge in [-0.3, -0.25) is 4.79 Å². The van der Waals surface area contributed by atoms with E-state index in [1.165, 1.54) is 35.0 Å². The summed E-state index contributed by atoms with van der Waals surface area (Å²) >= 11 is 0. The van der Waals surface area contributed by atoms with Crippen LogP contribution in [0.5, 0.6) is 5.88 Å². The van der Waals surface area contributed by atoms with Crippen molar-refractivity contribution in [2.75, 3.05) is 20.2 Å². The summed E-state index contributed by atoms with van der Waals surface area (Å²) in [5.74, 6) is -1.29. The molecule has 158 valence electrons. The number of hydrogen-bond donors (Lipinski definition) is 0. The van der Waals surface area contributed by atoms with E-state index >= 15 is 0 Å². The van der Waals surface area contributed by atoms with E-state index in [0.29, 0.717) is 18.7 Å². The van der Waals surface area contributed by atoms with Crippen LogP contribution in [0.4, 0.5) is 13.2 Å². The fourth-order valence-electron chi connectivity index (χ4n) is 3.73. The predicted octanol–water partition coefficient (Wildman–Crippen LogP) is 2.87. The molecule has 0 N–H and O–H groups in total. The minimum absolute atomic E-state index is 0.0726. The summed E-state index contributed by atoms with van der Waals surface area (Å²) < 4.78 is 47.3. The molecule has 1 saturated heterocycles. The largest absolute Gasteiger partial charge is 0.481 e. The summed E-state index contributed by atoms with van der Waals surface area (Å²) in [5.41, 5.74) is -0.0549. The second-order valence-electron chi connectivity index (χ2n) is 7.21. The Bertz CT molecular complexity index is 1090. The number of nitrogens with zero attached hydrogens (tertiary/aromatic N) is 6. The highest BCUT2D eigenvalue weighted by molar-refractivity contribution is 5.94. The van der Waals surface area contributed by atoms with Crippen LogP contribution in [-0.2, 0) is 0 Å². The molecule has 0 aromatic carbocycles. The number of likely N-dealkylation sites (tertiary alicyclic amines) is 1. The Kier molecular flexibility index (Phi) is 5.27. The Morgan fingerprint density at radius 2 is 2.10 bits per heavy atom. The van der Waals surface area contributed by atoms with Gasteiger partial charge in [0.25, 0.3) is 18.1 Å². The lowest BCUT2D eigenvalue weighted by Gasteiger charge is -2.37. The van der Waals surface area contributed by atoms with Crippen molar-refractivity contribution in [3.63, 3.8) is 0 Å². The Labute approximate surface area is 169 Å². The van der Waals surface area contributed by atoms with Crippen molar-refractivity contribution in [3.05, 3.63) is 47.4 Å². The van der Waals surface area contributed by atoms with E-state index in [1.807, 2.05) is 6.92 Å². The molecule has 0 bridgehead atoms. The number of amides is 1. The van der Waals surface area contributed by atoms with Crippen LogP contribution in [0.1, 0.15) is 47.4 Å². The number of rotatable bonds is 4. The molecule has 30 heavy (non-hydrogen) atoms. The number of alkyl halides is 2. The van der Waals surface area contributed by atoms with E-state index in [2.05, 4.69) is 20.1 Å². The maximum atomic E-state index is 14.2. The number of halogens is 3. The van der Waals surface area contributed by atoms with Crippen LogP contribution in [0.2, 0.25) is 0 Å². The van der Waals surface area contributed by atoms with Crippen LogP contribution < -0.4 is 4.74 Å². The van der Waals surface area contributed by atoms with Crippen LogP contribution >= 0.6 is 0 Å². The smallest absolute Gasteiger partial charge is 0.280 e. The van der Waals surface area contributed by atoms with Gasteiger partial charge < -0.3 is 9.64 Å². The zero-order chi connectivity index (χ0) is 21.4. The van der Waals surface area contributed by atoms with Crippen molar-refractivity contribution >= 4 is 11.7 Å². The van der Waals surface area contributed by atoms with Gasteiger partial charge in [-0.2, -0.15) is 10.1 Å². The first-order valence-corrected chi connectivity index (χ1v) is 9.36. The Balaban J connectivity index is 1.69. The van der Waals surface area contributed by atoms with Gasteiger partial charge in [0.2, 0.25) is 5.88 Å². The summed E-state index contributed by atoms with van der Waals surface area (Å²) in [6.07, 6.45) is 0.0339. The topological polar surface area (TPSA) is 85.5 Å². The fraction of sp³-hybridized carbons (Fsp3) is 0.421. The Hall–Kier alpha value is -3.24. The second kappa shape index (κ2) is 7.88. The van der Waals surface area contributed by atoms with Gasteiger partial charge in [-0.15, -0.1) is 0 Å².